The second-order valence-corrected chi connectivity index (χ2v) is 12.0. The number of halogens is 1. The normalized spacial score (nSPS) is 18.2. The molecule has 3 heterocycles. The highest BCUT2D eigenvalue weighted by atomic mass is 19.1. The first-order valence-electron chi connectivity index (χ1n) is 16.2. The summed E-state index contributed by atoms with van der Waals surface area (Å²) in [5, 5.41) is 16.0. The largest absolute Gasteiger partial charge is 0.377 e. The minimum absolute atomic E-state index is 0.0598. The molecule has 0 radical (unpaired) electrons. The minimum atomic E-state index is -0.923. The topological polar surface area (TPSA) is 150 Å². The van der Waals surface area contributed by atoms with Gasteiger partial charge in [0.2, 0.25) is 23.6 Å². The van der Waals surface area contributed by atoms with E-state index in [0.29, 0.717) is 31.4 Å². The van der Waals surface area contributed by atoms with Gasteiger partial charge in [-0.3, -0.25) is 29.2 Å². The van der Waals surface area contributed by atoms with E-state index in [1.165, 1.54) is 16.0 Å². The molecular weight excluding hydrogens is 605 g/mol. The van der Waals surface area contributed by atoms with Crippen LogP contribution in [-0.4, -0.2) is 88.5 Å². The number of rotatable bonds is 15. The molecule has 2 aromatic carbocycles. The van der Waals surface area contributed by atoms with Crippen LogP contribution in [0.4, 0.5) is 10.1 Å². The van der Waals surface area contributed by atoms with Gasteiger partial charge in [0.05, 0.1) is 43.8 Å². The van der Waals surface area contributed by atoms with Gasteiger partial charge in [-0.1, -0.05) is 74.0 Å². The first-order chi connectivity index (χ1) is 22.8. The van der Waals surface area contributed by atoms with E-state index in [4.69, 9.17) is 4.74 Å². The summed E-state index contributed by atoms with van der Waals surface area (Å²) in [7, 11) is 0. The Morgan fingerprint density at radius 2 is 1.91 bits per heavy atom. The van der Waals surface area contributed by atoms with Gasteiger partial charge >= 0.3 is 0 Å². The number of aromatic amines is 1. The molecule has 0 aliphatic carbocycles. The lowest BCUT2D eigenvalue weighted by Crippen LogP contribution is -2.59. The molecule has 250 valence electrons. The van der Waals surface area contributed by atoms with Crippen LogP contribution in [0.2, 0.25) is 0 Å². The van der Waals surface area contributed by atoms with Crippen LogP contribution in [0.15, 0.2) is 54.7 Å². The molecule has 2 unspecified atom stereocenters. The van der Waals surface area contributed by atoms with E-state index in [2.05, 4.69) is 26.0 Å². The highest BCUT2D eigenvalue weighted by molar-refractivity contribution is 6.08. The number of nitrogens with zero attached hydrogens (tertiary/aromatic N) is 4. The number of nitrogens with one attached hydrogen (secondary N) is 3. The van der Waals surface area contributed by atoms with Gasteiger partial charge in [0.25, 0.3) is 0 Å². The molecule has 1 aromatic heterocycles. The van der Waals surface area contributed by atoms with Crippen LogP contribution < -0.4 is 15.5 Å². The van der Waals surface area contributed by atoms with Crippen LogP contribution >= 0.6 is 0 Å². The van der Waals surface area contributed by atoms with Crippen molar-refractivity contribution >= 4 is 29.3 Å². The summed E-state index contributed by atoms with van der Waals surface area (Å²) < 4.78 is 18.2. The number of amides is 4. The molecule has 4 atom stereocenters. The molecule has 12 nitrogen and oxygen atoms in total. The second-order valence-electron chi connectivity index (χ2n) is 12.0. The quantitative estimate of drug-likeness (QED) is 0.214. The Kier molecular flexibility index (Phi) is 11.3. The zero-order chi connectivity index (χ0) is 33.3. The molecule has 13 heteroatoms. The molecule has 0 spiro atoms. The Bertz CT molecular complexity index is 1540. The summed E-state index contributed by atoms with van der Waals surface area (Å²) >= 11 is 0. The number of ether oxygens (including phenoxy) is 1. The highest BCUT2D eigenvalue weighted by Crippen LogP contribution is 2.39. The lowest BCUT2D eigenvalue weighted by Gasteiger charge is -2.36. The molecule has 2 aliphatic heterocycles. The van der Waals surface area contributed by atoms with Crippen molar-refractivity contribution in [1.82, 2.24) is 30.9 Å². The van der Waals surface area contributed by atoms with Gasteiger partial charge in [0.1, 0.15) is 24.8 Å². The predicted molar refractivity (Wildman–Crippen MR) is 172 cm³/mol. The van der Waals surface area contributed by atoms with Gasteiger partial charge in [0.15, 0.2) is 0 Å². The molecule has 3 aromatic rings. The van der Waals surface area contributed by atoms with Crippen LogP contribution in [0.25, 0.3) is 0 Å². The van der Waals surface area contributed by atoms with Crippen LogP contribution in [0.5, 0.6) is 0 Å². The standard InChI is InChI=1S/C34H42FN7O5/c1-3-22(2)30(41(15-17-47-16-14-35)29(43)18-23-8-5-4-6-9-23)33(45)38-27-13-12-24-10-7-11-25-19-28(42(31(24)25)34(27)46)32(44)36-20-26-21-37-40-39-26/h4-11,21-22,27-28,30H,3,12-20H2,1-2H3,(H,36,44)(H,38,45)(H,37,39,40)/t22-,27?,28?,30-/m0/s1. The van der Waals surface area contributed by atoms with E-state index < -0.39 is 30.7 Å². The van der Waals surface area contributed by atoms with Crippen molar-refractivity contribution in [2.45, 2.75) is 70.6 Å². The molecule has 0 bridgehead atoms. The number of aromatic nitrogens is 3. The maximum Gasteiger partial charge on any atom is 0.250 e. The zero-order valence-electron chi connectivity index (χ0n) is 26.8. The molecule has 0 saturated carbocycles. The number of hydrogen-bond acceptors (Lipinski definition) is 7. The van der Waals surface area contributed by atoms with Gasteiger partial charge in [-0.2, -0.15) is 0 Å². The Balaban J connectivity index is 1.38. The van der Waals surface area contributed by atoms with Crippen molar-refractivity contribution in [2.24, 2.45) is 5.92 Å². The van der Waals surface area contributed by atoms with Crippen LogP contribution in [-0.2, 0) is 49.7 Å². The van der Waals surface area contributed by atoms with Crippen molar-refractivity contribution in [3.8, 4) is 0 Å². The summed E-state index contributed by atoms with van der Waals surface area (Å²) in [5.74, 6) is -1.69. The third-order valence-corrected chi connectivity index (χ3v) is 8.95. The van der Waals surface area contributed by atoms with Crippen molar-refractivity contribution in [2.75, 3.05) is 31.3 Å². The maximum absolute atomic E-state index is 14.3. The first-order valence-corrected chi connectivity index (χ1v) is 16.2. The summed E-state index contributed by atoms with van der Waals surface area (Å²) in [6.45, 7) is 3.38. The van der Waals surface area contributed by atoms with E-state index in [-0.39, 0.29) is 56.4 Å². The Hall–Kier alpha value is -4.65. The molecular formula is C34H42FN7O5. The van der Waals surface area contributed by atoms with E-state index >= 15 is 0 Å². The third kappa shape index (κ3) is 7.84. The van der Waals surface area contributed by atoms with Gasteiger partial charge in [-0.15, -0.1) is 5.10 Å². The summed E-state index contributed by atoms with van der Waals surface area (Å²) in [4.78, 5) is 58.8. The fourth-order valence-electron chi connectivity index (χ4n) is 6.38. The van der Waals surface area contributed by atoms with Crippen LogP contribution in [0, 0.1) is 5.92 Å². The third-order valence-electron chi connectivity index (χ3n) is 8.95. The van der Waals surface area contributed by atoms with E-state index in [9.17, 15) is 23.6 Å². The Morgan fingerprint density at radius 3 is 2.64 bits per heavy atom. The molecule has 0 saturated heterocycles. The highest BCUT2D eigenvalue weighted by Gasteiger charge is 2.45. The van der Waals surface area contributed by atoms with E-state index in [0.717, 1.165) is 22.4 Å². The number of alkyl halides is 1. The fraction of sp³-hybridized carbons (Fsp3) is 0.471. The lowest BCUT2D eigenvalue weighted by molar-refractivity contribution is -0.144. The number of hydrogen-bond donors (Lipinski definition) is 3. The SMILES string of the molecule is CC[C@H](C)[C@@H](C(=O)NC1CCc2cccc3c2N(C1=O)C(C(=O)NCc1cnn[nH]1)C3)N(CCOCCF)C(=O)Cc1ccccc1. The lowest BCUT2D eigenvalue weighted by atomic mass is 9.95. The average Bonchev–Trinajstić information content (AvgIpc) is 3.72. The van der Waals surface area contributed by atoms with Crippen LogP contribution in [0.3, 0.4) is 0 Å². The van der Waals surface area contributed by atoms with Gasteiger partial charge in [-0.05, 0) is 35.4 Å². The molecule has 2 aliphatic rings. The first kappa shape index (κ1) is 33.7. The number of para-hydroxylation sites is 1. The molecule has 3 N–H and O–H groups in total. The number of aryl methyl sites for hydroxylation is 1. The average molecular weight is 648 g/mol. The number of carbonyl (C=O) groups is 4. The van der Waals surface area contributed by atoms with Gasteiger partial charge in [0, 0.05) is 13.0 Å². The van der Waals surface area contributed by atoms with Crippen molar-refractivity contribution in [3.05, 3.63) is 77.1 Å². The van der Waals surface area contributed by atoms with Gasteiger partial charge in [-0.25, -0.2) is 4.39 Å². The molecule has 47 heavy (non-hydrogen) atoms. The molecule has 5 rings (SSSR count). The number of H-pyrrole nitrogens is 1. The van der Waals surface area contributed by atoms with Gasteiger partial charge < -0.3 is 20.3 Å². The maximum atomic E-state index is 14.3. The van der Waals surface area contributed by atoms with E-state index in [1.54, 1.807) is 0 Å². The molecule has 0 fully saturated rings. The number of carbonyl (C=O) groups excluding carboxylic acids is 4. The minimum Gasteiger partial charge on any atom is -0.377 e. The van der Waals surface area contributed by atoms with E-state index in [1.807, 2.05) is 62.4 Å². The van der Waals surface area contributed by atoms with Crippen molar-refractivity contribution in [1.29, 1.82) is 0 Å². The number of benzene rings is 2. The summed E-state index contributed by atoms with van der Waals surface area (Å²) in [6.07, 6.45) is 3.37. The molecule has 4 amide bonds. The second kappa shape index (κ2) is 15.8. The fourth-order valence-corrected chi connectivity index (χ4v) is 6.38. The summed E-state index contributed by atoms with van der Waals surface area (Å²) in [6, 6.07) is 12.4. The Morgan fingerprint density at radius 1 is 1.13 bits per heavy atom. The number of anilines is 1. The predicted octanol–water partition coefficient (Wildman–Crippen LogP) is 2.28. The monoisotopic (exact) mass is 647 g/mol. The Labute approximate surface area is 273 Å². The van der Waals surface area contributed by atoms with Crippen molar-refractivity contribution in [3.63, 3.8) is 0 Å². The van der Waals surface area contributed by atoms with Crippen molar-refractivity contribution < 1.29 is 28.3 Å². The zero-order valence-corrected chi connectivity index (χ0v) is 26.8. The summed E-state index contributed by atoms with van der Waals surface area (Å²) in [5.41, 5.74) is 3.98. The van der Waals surface area contributed by atoms with Crippen LogP contribution in [0.1, 0.15) is 49.1 Å². The smallest absolute Gasteiger partial charge is 0.250 e.